The molecule has 2 amide bonds. The fourth-order valence-electron chi connectivity index (χ4n) is 2.72. The molecule has 0 aliphatic carbocycles. The minimum Gasteiger partial charge on any atom is -0.463 e. The van der Waals surface area contributed by atoms with Crippen molar-refractivity contribution in [1.82, 2.24) is 10.2 Å². The fraction of sp³-hybridized carbons (Fsp3) is 0.412. The maximum absolute atomic E-state index is 12.6. The first-order valence-electron chi connectivity index (χ1n) is 7.80. The van der Waals surface area contributed by atoms with E-state index in [0.29, 0.717) is 33.3 Å². The van der Waals surface area contributed by atoms with E-state index in [0.717, 1.165) is 6.42 Å². The van der Waals surface area contributed by atoms with Gasteiger partial charge in [0.2, 0.25) is 0 Å². The second-order valence-corrected chi connectivity index (χ2v) is 6.20. The highest BCUT2D eigenvalue weighted by molar-refractivity contribution is 6.42. The van der Waals surface area contributed by atoms with E-state index in [9.17, 15) is 9.59 Å². The summed E-state index contributed by atoms with van der Waals surface area (Å²) in [6.45, 7) is 3.97. The number of carbonyl (C=O) groups excluding carboxylic acids is 2. The van der Waals surface area contributed by atoms with E-state index in [2.05, 4.69) is 5.32 Å². The predicted octanol–water partition coefficient (Wildman–Crippen LogP) is 4.31. The number of hydrogen-bond acceptors (Lipinski definition) is 3. The van der Waals surface area contributed by atoms with Crippen molar-refractivity contribution in [3.8, 4) is 0 Å². The van der Waals surface area contributed by atoms with Crippen molar-refractivity contribution in [2.75, 3.05) is 13.7 Å². The Bertz CT molecular complexity index is 688. The Balaban J connectivity index is 2.64. The van der Waals surface area contributed by atoms with Crippen LogP contribution in [0.2, 0.25) is 10.0 Å². The zero-order valence-corrected chi connectivity index (χ0v) is 15.4. The van der Waals surface area contributed by atoms with Crippen LogP contribution in [0.5, 0.6) is 0 Å². The maximum atomic E-state index is 12.6. The second-order valence-electron chi connectivity index (χ2n) is 5.42. The highest BCUT2D eigenvalue weighted by Crippen LogP contribution is 2.38. The number of esters is 1. The number of amides is 2. The lowest BCUT2D eigenvalue weighted by atomic mass is 9.93. The molecule has 7 heteroatoms. The minimum absolute atomic E-state index is 0.245. The molecule has 5 nitrogen and oxygen atoms in total. The van der Waals surface area contributed by atoms with Crippen molar-refractivity contribution >= 4 is 35.2 Å². The molecule has 1 aliphatic rings. The number of ether oxygens (including phenoxy) is 1. The molecule has 1 atom stereocenters. The lowest BCUT2D eigenvalue weighted by Crippen LogP contribution is -2.47. The van der Waals surface area contributed by atoms with E-state index >= 15 is 0 Å². The SMILES string of the molecule is CCCC1=C(C(=O)OCC)[C@@H](c2cccc(Cl)c2Cl)NC(=O)N1C. The molecule has 1 aliphatic heterocycles. The van der Waals surface area contributed by atoms with Gasteiger partial charge in [-0.3, -0.25) is 0 Å². The van der Waals surface area contributed by atoms with Crippen LogP contribution in [0.4, 0.5) is 4.79 Å². The highest BCUT2D eigenvalue weighted by Gasteiger charge is 2.37. The molecule has 0 spiro atoms. The van der Waals surface area contributed by atoms with Gasteiger partial charge >= 0.3 is 12.0 Å². The molecule has 130 valence electrons. The smallest absolute Gasteiger partial charge is 0.338 e. The maximum Gasteiger partial charge on any atom is 0.338 e. The normalized spacial score (nSPS) is 17.8. The molecular weight excluding hydrogens is 351 g/mol. The molecular formula is C17H20Cl2N2O3. The van der Waals surface area contributed by atoms with Crippen LogP contribution >= 0.6 is 23.2 Å². The molecule has 0 saturated carbocycles. The monoisotopic (exact) mass is 370 g/mol. The standard InChI is InChI=1S/C17H20Cl2N2O3/c1-4-7-12-13(16(22)24-5-2)15(20-17(23)21(12)3)10-8-6-9-11(18)14(10)19/h6,8-9,15H,4-5,7H2,1-3H3,(H,20,23)/t15-/m1/s1. The van der Waals surface area contributed by atoms with Gasteiger partial charge in [-0.2, -0.15) is 0 Å². The number of allylic oxidation sites excluding steroid dienone is 1. The largest absolute Gasteiger partial charge is 0.463 e. The molecule has 0 aromatic heterocycles. The molecule has 1 aromatic carbocycles. The average molecular weight is 371 g/mol. The highest BCUT2D eigenvalue weighted by atomic mass is 35.5. The van der Waals surface area contributed by atoms with Gasteiger partial charge in [0.1, 0.15) is 0 Å². The third kappa shape index (κ3) is 3.52. The van der Waals surface area contributed by atoms with E-state index in [-0.39, 0.29) is 12.6 Å². The second kappa shape index (κ2) is 7.90. The zero-order valence-electron chi connectivity index (χ0n) is 13.9. The minimum atomic E-state index is -0.694. The van der Waals surface area contributed by atoms with Crippen molar-refractivity contribution in [1.29, 1.82) is 0 Å². The number of hydrogen-bond donors (Lipinski definition) is 1. The summed E-state index contributed by atoms with van der Waals surface area (Å²) in [7, 11) is 1.63. The zero-order chi connectivity index (χ0) is 17.9. The number of urea groups is 1. The van der Waals surface area contributed by atoms with Gasteiger partial charge in [-0.15, -0.1) is 0 Å². The topological polar surface area (TPSA) is 58.6 Å². The van der Waals surface area contributed by atoms with Gasteiger partial charge in [-0.1, -0.05) is 48.7 Å². The first-order chi connectivity index (χ1) is 11.4. The van der Waals surface area contributed by atoms with E-state index < -0.39 is 12.0 Å². The summed E-state index contributed by atoms with van der Waals surface area (Å²) in [6, 6.07) is 4.14. The molecule has 24 heavy (non-hydrogen) atoms. The Morgan fingerprint density at radius 2 is 2.04 bits per heavy atom. The van der Waals surface area contributed by atoms with E-state index in [1.165, 1.54) is 4.90 Å². The van der Waals surface area contributed by atoms with Gasteiger partial charge in [-0.05, 0) is 25.0 Å². The van der Waals surface area contributed by atoms with Crippen LogP contribution in [0.1, 0.15) is 38.3 Å². The van der Waals surface area contributed by atoms with Gasteiger partial charge in [0.05, 0.1) is 28.3 Å². The molecule has 0 saturated heterocycles. The van der Waals surface area contributed by atoms with E-state index in [4.69, 9.17) is 27.9 Å². The molecule has 0 bridgehead atoms. The Kier molecular flexibility index (Phi) is 6.13. The molecule has 1 N–H and O–H groups in total. The van der Waals surface area contributed by atoms with E-state index in [1.807, 2.05) is 6.92 Å². The Hall–Kier alpha value is -1.72. The molecule has 2 rings (SSSR count). The predicted molar refractivity (Wildman–Crippen MR) is 94.1 cm³/mol. The quantitative estimate of drug-likeness (QED) is 0.785. The molecule has 1 aromatic rings. The van der Waals surface area contributed by atoms with Crippen LogP contribution in [0, 0.1) is 0 Å². The van der Waals surface area contributed by atoms with Crippen LogP contribution in [0.15, 0.2) is 29.5 Å². The number of rotatable bonds is 5. The summed E-state index contributed by atoms with van der Waals surface area (Å²) in [5, 5.41) is 3.49. The van der Waals surface area contributed by atoms with Crippen molar-refractivity contribution in [3.63, 3.8) is 0 Å². The van der Waals surface area contributed by atoms with Gasteiger partial charge in [0.15, 0.2) is 0 Å². The fourth-order valence-corrected chi connectivity index (χ4v) is 3.14. The number of carbonyl (C=O) groups is 2. The Labute approximate surface area is 151 Å². The van der Waals surface area contributed by atoms with Crippen molar-refractivity contribution < 1.29 is 14.3 Å². The molecule has 1 heterocycles. The molecule has 0 unspecified atom stereocenters. The first-order valence-corrected chi connectivity index (χ1v) is 8.56. The van der Waals surface area contributed by atoms with Crippen LogP contribution in [0.25, 0.3) is 0 Å². The van der Waals surface area contributed by atoms with Gasteiger partial charge < -0.3 is 15.0 Å². The summed E-state index contributed by atoms with van der Waals surface area (Å²) in [5.41, 5.74) is 1.60. The summed E-state index contributed by atoms with van der Waals surface area (Å²) in [6.07, 6.45) is 1.36. The van der Waals surface area contributed by atoms with Crippen molar-refractivity contribution in [3.05, 3.63) is 45.1 Å². The van der Waals surface area contributed by atoms with Gasteiger partial charge in [-0.25, -0.2) is 9.59 Å². The van der Waals surface area contributed by atoms with Crippen molar-refractivity contribution in [2.45, 2.75) is 32.7 Å². The number of nitrogens with zero attached hydrogens (tertiary/aromatic N) is 1. The third-order valence-corrected chi connectivity index (χ3v) is 4.69. The molecule has 0 radical (unpaired) electrons. The van der Waals surface area contributed by atoms with Crippen LogP contribution in [-0.2, 0) is 9.53 Å². The lowest BCUT2D eigenvalue weighted by Gasteiger charge is -2.35. The van der Waals surface area contributed by atoms with Gasteiger partial charge in [0.25, 0.3) is 0 Å². The summed E-state index contributed by atoms with van der Waals surface area (Å²) < 4.78 is 5.21. The lowest BCUT2D eigenvalue weighted by molar-refractivity contribution is -0.139. The first kappa shape index (κ1) is 18.6. The molecule has 0 fully saturated rings. The van der Waals surface area contributed by atoms with Crippen molar-refractivity contribution in [2.24, 2.45) is 0 Å². The Morgan fingerprint density at radius 3 is 2.67 bits per heavy atom. The van der Waals surface area contributed by atoms with Crippen LogP contribution < -0.4 is 5.32 Å². The number of benzene rings is 1. The summed E-state index contributed by atoms with van der Waals surface area (Å²) in [5.74, 6) is -0.464. The third-order valence-electron chi connectivity index (χ3n) is 3.85. The number of nitrogens with one attached hydrogen (secondary N) is 1. The average Bonchev–Trinajstić information content (AvgIpc) is 2.54. The summed E-state index contributed by atoms with van der Waals surface area (Å²) in [4.78, 5) is 26.4. The van der Waals surface area contributed by atoms with E-state index in [1.54, 1.807) is 32.2 Å². The Morgan fingerprint density at radius 1 is 1.33 bits per heavy atom. The van der Waals surface area contributed by atoms with Crippen LogP contribution in [0.3, 0.4) is 0 Å². The number of halogens is 2. The van der Waals surface area contributed by atoms with Crippen LogP contribution in [-0.4, -0.2) is 30.6 Å². The summed E-state index contributed by atoms with van der Waals surface area (Å²) >= 11 is 12.4. The van der Waals surface area contributed by atoms with Gasteiger partial charge in [0, 0.05) is 12.7 Å².